The molecule has 1 aromatic heterocycles. The largest absolute Gasteiger partial charge is 0.327 e. The second-order valence-electron chi connectivity index (χ2n) is 2.59. The van der Waals surface area contributed by atoms with Gasteiger partial charge in [-0.05, 0) is 16.8 Å². The molecule has 0 spiro atoms. The van der Waals surface area contributed by atoms with Gasteiger partial charge < -0.3 is 5.73 Å². The van der Waals surface area contributed by atoms with Gasteiger partial charge in [-0.2, -0.15) is 0 Å². The molecule has 1 heterocycles. The van der Waals surface area contributed by atoms with E-state index in [9.17, 15) is 0 Å². The zero-order chi connectivity index (χ0) is 8.27. The number of tetrazole rings is 1. The van der Waals surface area contributed by atoms with E-state index in [1.807, 2.05) is 7.05 Å². The van der Waals surface area contributed by atoms with Gasteiger partial charge in [0.05, 0.1) is 0 Å². The zero-order valence-corrected chi connectivity index (χ0v) is 6.86. The van der Waals surface area contributed by atoms with Crippen LogP contribution in [0.5, 0.6) is 0 Å². The SMILES string of the molecule is CCC(N)Cc1nnnn1C. The van der Waals surface area contributed by atoms with Gasteiger partial charge in [-0.3, -0.25) is 0 Å². The van der Waals surface area contributed by atoms with Crippen LogP contribution in [0.15, 0.2) is 0 Å². The minimum Gasteiger partial charge on any atom is -0.327 e. The summed E-state index contributed by atoms with van der Waals surface area (Å²) >= 11 is 0. The van der Waals surface area contributed by atoms with E-state index in [4.69, 9.17) is 5.73 Å². The van der Waals surface area contributed by atoms with Crippen molar-refractivity contribution in [1.29, 1.82) is 0 Å². The Bertz CT molecular complexity index is 219. The Balaban J connectivity index is 2.56. The molecule has 0 saturated carbocycles. The topological polar surface area (TPSA) is 69.6 Å². The molecule has 62 valence electrons. The molecule has 1 atom stereocenters. The highest BCUT2D eigenvalue weighted by atomic mass is 15.5. The molecule has 0 bridgehead atoms. The van der Waals surface area contributed by atoms with Gasteiger partial charge >= 0.3 is 0 Å². The maximum Gasteiger partial charge on any atom is 0.152 e. The van der Waals surface area contributed by atoms with E-state index >= 15 is 0 Å². The van der Waals surface area contributed by atoms with E-state index in [0.29, 0.717) is 0 Å². The molecule has 1 rings (SSSR count). The Hall–Kier alpha value is -0.970. The summed E-state index contributed by atoms with van der Waals surface area (Å²) in [5.74, 6) is 0.847. The third-order valence-electron chi connectivity index (χ3n) is 1.68. The van der Waals surface area contributed by atoms with Crippen LogP contribution in [0.1, 0.15) is 19.2 Å². The van der Waals surface area contributed by atoms with Crippen LogP contribution in [0.3, 0.4) is 0 Å². The van der Waals surface area contributed by atoms with E-state index in [2.05, 4.69) is 22.4 Å². The van der Waals surface area contributed by atoms with Crippen LogP contribution in [-0.4, -0.2) is 26.2 Å². The molecule has 0 saturated heterocycles. The first-order valence-electron chi connectivity index (χ1n) is 3.70. The van der Waals surface area contributed by atoms with E-state index in [-0.39, 0.29) is 6.04 Å². The molecule has 0 aliphatic rings. The quantitative estimate of drug-likeness (QED) is 0.638. The second-order valence-corrected chi connectivity index (χ2v) is 2.59. The Morgan fingerprint density at radius 3 is 2.82 bits per heavy atom. The summed E-state index contributed by atoms with van der Waals surface area (Å²) in [6.45, 7) is 2.05. The highest BCUT2D eigenvalue weighted by molar-refractivity contribution is 4.84. The summed E-state index contributed by atoms with van der Waals surface area (Å²) in [6.07, 6.45) is 1.70. The molecular formula is C6H13N5. The lowest BCUT2D eigenvalue weighted by molar-refractivity contribution is 0.591. The summed E-state index contributed by atoms with van der Waals surface area (Å²) in [5, 5.41) is 11.0. The van der Waals surface area contributed by atoms with Gasteiger partial charge in [0.2, 0.25) is 0 Å². The molecular weight excluding hydrogens is 142 g/mol. The lowest BCUT2D eigenvalue weighted by Crippen LogP contribution is -2.23. The highest BCUT2D eigenvalue weighted by Crippen LogP contribution is 1.96. The van der Waals surface area contributed by atoms with Crippen LogP contribution in [0, 0.1) is 0 Å². The Kier molecular flexibility index (Phi) is 2.53. The van der Waals surface area contributed by atoms with Crippen LogP contribution >= 0.6 is 0 Å². The van der Waals surface area contributed by atoms with Crippen molar-refractivity contribution in [1.82, 2.24) is 20.2 Å². The number of nitrogens with zero attached hydrogens (tertiary/aromatic N) is 4. The van der Waals surface area contributed by atoms with Crippen molar-refractivity contribution in [3.05, 3.63) is 5.82 Å². The first-order valence-corrected chi connectivity index (χ1v) is 3.70. The van der Waals surface area contributed by atoms with Crippen LogP contribution in [0.4, 0.5) is 0 Å². The highest BCUT2D eigenvalue weighted by Gasteiger charge is 2.06. The first kappa shape index (κ1) is 8.13. The molecule has 2 N–H and O–H groups in total. The monoisotopic (exact) mass is 155 g/mol. The number of aromatic nitrogens is 4. The van der Waals surface area contributed by atoms with Gasteiger partial charge in [0.25, 0.3) is 0 Å². The van der Waals surface area contributed by atoms with E-state index in [1.165, 1.54) is 0 Å². The predicted octanol–water partition coefficient (Wildman–Crippen LogP) is -0.510. The fraction of sp³-hybridized carbons (Fsp3) is 0.833. The number of hydrogen-bond donors (Lipinski definition) is 1. The molecule has 0 aliphatic carbocycles. The number of rotatable bonds is 3. The van der Waals surface area contributed by atoms with E-state index in [1.54, 1.807) is 4.68 Å². The third-order valence-corrected chi connectivity index (χ3v) is 1.68. The standard InChI is InChI=1S/C6H13N5/c1-3-5(7)4-6-8-9-10-11(6)2/h5H,3-4,7H2,1-2H3. The smallest absolute Gasteiger partial charge is 0.152 e. The van der Waals surface area contributed by atoms with Crippen LogP contribution in [0.25, 0.3) is 0 Å². The van der Waals surface area contributed by atoms with Gasteiger partial charge in [0.1, 0.15) is 0 Å². The average molecular weight is 155 g/mol. The van der Waals surface area contributed by atoms with Gasteiger partial charge in [-0.15, -0.1) is 5.10 Å². The third kappa shape index (κ3) is 1.98. The summed E-state index contributed by atoms with van der Waals surface area (Å²) < 4.78 is 1.65. The van der Waals surface area contributed by atoms with Gasteiger partial charge in [0.15, 0.2) is 5.82 Å². The molecule has 0 aromatic carbocycles. The molecule has 5 heteroatoms. The summed E-state index contributed by atoms with van der Waals surface area (Å²) in [4.78, 5) is 0. The predicted molar refractivity (Wildman–Crippen MR) is 40.8 cm³/mol. The van der Waals surface area contributed by atoms with Crippen molar-refractivity contribution in [2.24, 2.45) is 12.8 Å². The number of nitrogens with two attached hydrogens (primary N) is 1. The molecule has 0 fully saturated rings. The molecule has 1 unspecified atom stereocenters. The Labute approximate surface area is 65.6 Å². The van der Waals surface area contributed by atoms with Crippen molar-refractivity contribution in [3.63, 3.8) is 0 Å². The van der Waals surface area contributed by atoms with Crippen LogP contribution < -0.4 is 5.73 Å². The van der Waals surface area contributed by atoms with Gasteiger partial charge in [-0.1, -0.05) is 6.92 Å². The van der Waals surface area contributed by atoms with Crippen molar-refractivity contribution in [3.8, 4) is 0 Å². The van der Waals surface area contributed by atoms with E-state index in [0.717, 1.165) is 18.7 Å². The average Bonchev–Trinajstić information content (AvgIpc) is 2.37. The minimum atomic E-state index is 0.166. The summed E-state index contributed by atoms with van der Waals surface area (Å²) in [5.41, 5.74) is 5.72. The van der Waals surface area contributed by atoms with Crippen LogP contribution in [-0.2, 0) is 13.5 Å². The lowest BCUT2D eigenvalue weighted by Gasteiger charge is -2.05. The second kappa shape index (κ2) is 3.43. The molecule has 1 aromatic rings. The van der Waals surface area contributed by atoms with E-state index < -0.39 is 0 Å². The molecule has 0 amide bonds. The van der Waals surface area contributed by atoms with Crippen LogP contribution in [0.2, 0.25) is 0 Å². The molecule has 0 radical (unpaired) electrons. The number of aryl methyl sites for hydroxylation is 1. The first-order chi connectivity index (χ1) is 5.24. The molecule has 11 heavy (non-hydrogen) atoms. The van der Waals surface area contributed by atoms with Gasteiger partial charge in [0, 0.05) is 19.5 Å². The Morgan fingerprint density at radius 1 is 1.64 bits per heavy atom. The van der Waals surface area contributed by atoms with Crippen molar-refractivity contribution in [2.45, 2.75) is 25.8 Å². The zero-order valence-electron chi connectivity index (χ0n) is 6.86. The molecule has 5 nitrogen and oxygen atoms in total. The fourth-order valence-corrected chi connectivity index (χ4v) is 0.800. The summed E-state index contributed by atoms with van der Waals surface area (Å²) in [6, 6.07) is 0.166. The van der Waals surface area contributed by atoms with Crippen molar-refractivity contribution in [2.75, 3.05) is 0 Å². The normalized spacial score (nSPS) is 13.4. The van der Waals surface area contributed by atoms with Gasteiger partial charge in [-0.25, -0.2) is 4.68 Å². The fourth-order valence-electron chi connectivity index (χ4n) is 0.800. The summed E-state index contributed by atoms with van der Waals surface area (Å²) in [7, 11) is 1.82. The maximum atomic E-state index is 5.72. The van der Waals surface area contributed by atoms with Crippen molar-refractivity contribution < 1.29 is 0 Å². The minimum absolute atomic E-state index is 0.166. The maximum absolute atomic E-state index is 5.72. The molecule has 0 aliphatic heterocycles. The number of hydrogen-bond acceptors (Lipinski definition) is 4. The lowest BCUT2D eigenvalue weighted by atomic mass is 10.2. The van der Waals surface area contributed by atoms with Crippen molar-refractivity contribution >= 4 is 0 Å². The Morgan fingerprint density at radius 2 is 2.36 bits per heavy atom.